The first-order valence-corrected chi connectivity index (χ1v) is 8.54. The van der Waals surface area contributed by atoms with Crippen molar-refractivity contribution in [3.63, 3.8) is 0 Å². The smallest absolute Gasteiger partial charge is 0.241 e. The molecule has 1 saturated heterocycles. The molecule has 2 atom stereocenters. The van der Waals surface area contributed by atoms with Crippen molar-refractivity contribution in [1.82, 2.24) is 4.90 Å². The molecular weight excluding hydrogens is 319 g/mol. The molecule has 0 aliphatic carbocycles. The van der Waals surface area contributed by atoms with E-state index in [-0.39, 0.29) is 23.8 Å². The number of likely N-dealkylation sites (tertiary alicyclic amines) is 1. The second-order valence-electron chi connectivity index (χ2n) is 6.34. The van der Waals surface area contributed by atoms with Gasteiger partial charge >= 0.3 is 0 Å². The Balaban J connectivity index is 1.71. The SMILES string of the molecule is COc1ccc([C@H]2CCCN2[C@H](C)C(=O)Nc2cccc(F)c2)cc1. The predicted octanol–water partition coefficient (Wildman–Crippen LogP) is 4.00. The van der Waals surface area contributed by atoms with E-state index < -0.39 is 0 Å². The quantitative estimate of drug-likeness (QED) is 0.893. The number of rotatable bonds is 5. The molecule has 132 valence electrons. The highest BCUT2D eigenvalue weighted by atomic mass is 19.1. The van der Waals surface area contributed by atoms with Gasteiger partial charge in [0, 0.05) is 11.7 Å². The van der Waals surface area contributed by atoms with Crippen molar-refractivity contribution in [2.24, 2.45) is 0 Å². The zero-order chi connectivity index (χ0) is 17.8. The lowest BCUT2D eigenvalue weighted by Crippen LogP contribution is -2.41. The average Bonchev–Trinajstić information content (AvgIpc) is 3.10. The van der Waals surface area contributed by atoms with Gasteiger partial charge in [-0.3, -0.25) is 9.69 Å². The van der Waals surface area contributed by atoms with E-state index in [0.29, 0.717) is 5.69 Å². The van der Waals surface area contributed by atoms with E-state index in [1.807, 2.05) is 19.1 Å². The molecule has 0 aromatic heterocycles. The molecule has 1 fully saturated rings. The summed E-state index contributed by atoms with van der Waals surface area (Å²) in [6, 6.07) is 13.9. The van der Waals surface area contributed by atoms with Crippen molar-refractivity contribution in [1.29, 1.82) is 0 Å². The molecule has 2 aromatic rings. The summed E-state index contributed by atoms with van der Waals surface area (Å²) in [5.74, 6) is 0.346. The summed E-state index contributed by atoms with van der Waals surface area (Å²) in [6.45, 7) is 2.77. The van der Waals surface area contributed by atoms with E-state index in [0.717, 1.165) is 25.1 Å². The molecule has 0 unspecified atom stereocenters. The Morgan fingerprint density at radius 3 is 2.72 bits per heavy atom. The van der Waals surface area contributed by atoms with Crippen LogP contribution in [-0.4, -0.2) is 30.5 Å². The molecule has 3 rings (SSSR count). The van der Waals surface area contributed by atoms with Gasteiger partial charge in [-0.05, 0) is 62.2 Å². The molecule has 5 heteroatoms. The molecule has 25 heavy (non-hydrogen) atoms. The number of carbonyl (C=O) groups excluding carboxylic acids is 1. The summed E-state index contributed by atoms with van der Waals surface area (Å²) >= 11 is 0. The van der Waals surface area contributed by atoms with Crippen LogP contribution in [0.15, 0.2) is 48.5 Å². The van der Waals surface area contributed by atoms with Crippen molar-refractivity contribution < 1.29 is 13.9 Å². The van der Waals surface area contributed by atoms with Crippen LogP contribution in [0.25, 0.3) is 0 Å². The Kier molecular flexibility index (Phi) is 5.34. The number of hydrogen-bond donors (Lipinski definition) is 1. The van der Waals surface area contributed by atoms with Crippen molar-refractivity contribution in [3.05, 3.63) is 59.9 Å². The van der Waals surface area contributed by atoms with Crippen LogP contribution in [-0.2, 0) is 4.79 Å². The van der Waals surface area contributed by atoms with Gasteiger partial charge in [-0.2, -0.15) is 0 Å². The van der Waals surface area contributed by atoms with Crippen molar-refractivity contribution in [3.8, 4) is 5.75 Å². The van der Waals surface area contributed by atoms with Gasteiger partial charge in [0.25, 0.3) is 0 Å². The van der Waals surface area contributed by atoms with Crippen molar-refractivity contribution in [2.45, 2.75) is 31.8 Å². The molecule has 0 radical (unpaired) electrons. The maximum absolute atomic E-state index is 13.3. The summed E-state index contributed by atoms with van der Waals surface area (Å²) in [6.07, 6.45) is 2.07. The van der Waals surface area contributed by atoms with Crippen LogP contribution in [0.2, 0.25) is 0 Å². The Morgan fingerprint density at radius 2 is 2.04 bits per heavy atom. The molecule has 2 aromatic carbocycles. The molecule has 1 aliphatic rings. The fourth-order valence-corrected chi connectivity index (χ4v) is 3.40. The fraction of sp³-hybridized carbons (Fsp3) is 0.350. The van der Waals surface area contributed by atoms with Crippen LogP contribution >= 0.6 is 0 Å². The first-order valence-electron chi connectivity index (χ1n) is 8.54. The molecule has 4 nitrogen and oxygen atoms in total. The number of nitrogens with zero attached hydrogens (tertiary/aromatic N) is 1. The monoisotopic (exact) mass is 342 g/mol. The van der Waals surface area contributed by atoms with Crippen LogP contribution in [0.4, 0.5) is 10.1 Å². The summed E-state index contributed by atoms with van der Waals surface area (Å²) in [7, 11) is 1.65. The van der Waals surface area contributed by atoms with E-state index in [4.69, 9.17) is 4.74 Å². The zero-order valence-electron chi connectivity index (χ0n) is 14.5. The van der Waals surface area contributed by atoms with Crippen LogP contribution in [0.5, 0.6) is 5.75 Å². The molecule has 1 N–H and O–H groups in total. The Bertz CT molecular complexity index is 733. The van der Waals surface area contributed by atoms with E-state index in [1.54, 1.807) is 19.2 Å². The van der Waals surface area contributed by atoms with Gasteiger partial charge in [-0.1, -0.05) is 18.2 Å². The third-order valence-electron chi connectivity index (χ3n) is 4.76. The highest BCUT2D eigenvalue weighted by molar-refractivity contribution is 5.94. The van der Waals surface area contributed by atoms with Crippen LogP contribution in [0.3, 0.4) is 0 Å². The zero-order valence-corrected chi connectivity index (χ0v) is 14.5. The Hall–Kier alpha value is -2.40. The highest BCUT2D eigenvalue weighted by Crippen LogP contribution is 2.34. The number of carbonyl (C=O) groups is 1. The first-order chi connectivity index (χ1) is 12.1. The number of benzene rings is 2. The van der Waals surface area contributed by atoms with Gasteiger partial charge in [0.2, 0.25) is 5.91 Å². The summed E-state index contributed by atoms with van der Waals surface area (Å²) in [4.78, 5) is 14.8. The first kappa shape index (κ1) is 17.4. The maximum Gasteiger partial charge on any atom is 0.241 e. The molecular formula is C20H23FN2O2. The van der Waals surface area contributed by atoms with Gasteiger partial charge in [0.1, 0.15) is 11.6 Å². The van der Waals surface area contributed by atoms with E-state index in [9.17, 15) is 9.18 Å². The van der Waals surface area contributed by atoms with Crippen LogP contribution in [0, 0.1) is 5.82 Å². The number of hydrogen-bond acceptors (Lipinski definition) is 3. The molecule has 1 heterocycles. The van der Waals surface area contributed by atoms with Gasteiger partial charge in [0.05, 0.1) is 13.2 Å². The number of halogens is 1. The molecule has 0 bridgehead atoms. The topological polar surface area (TPSA) is 41.6 Å². The lowest BCUT2D eigenvalue weighted by molar-refractivity contribution is -0.121. The number of nitrogens with one attached hydrogen (secondary N) is 1. The largest absolute Gasteiger partial charge is 0.497 e. The van der Waals surface area contributed by atoms with E-state index in [2.05, 4.69) is 22.3 Å². The highest BCUT2D eigenvalue weighted by Gasteiger charge is 2.33. The second-order valence-corrected chi connectivity index (χ2v) is 6.34. The average molecular weight is 342 g/mol. The summed E-state index contributed by atoms with van der Waals surface area (Å²) in [5.41, 5.74) is 1.67. The van der Waals surface area contributed by atoms with Crippen LogP contribution in [0.1, 0.15) is 31.4 Å². The van der Waals surface area contributed by atoms with E-state index >= 15 is 0 Å². The molecule has 1 aliphatic heterocycles. The summed E-state index contributed by atoms with van der Waals surface area (Å²) < 4.78 is 18.5. The van der Waals surface area contributed by atoms with E-state index in [1.165, 1.54) is 17.7 Å². The Labute approximate surface area is 147 Å². The third-order valence-corrected chi connectivity index (χ3v) is 4.76. The third kappa shape index (κ3) is 3.99. The number of ether oxygens (including phenoxy) is 1. The lowest BCUT2D eigenvalue weighted by Gasteiger charge is -2.30. The minimum atomic E-state index is -0.359. The maximum atomic E-state index is 13.3. The normalized spacial score (nSPS) is 18.8. The van der Waals surface area contributed by atoms with Crippen molar-refractivity contribution in [2.75, 3.05) is 19.0 Å². The van der Waals surface area contributed by atoms with Crippen LogP contribution < -0.4 is 10.1 Å². The van der Waals surface area contributed by atoms with Gasteiger partial charge in [-0.15, -0.1) is 0 Å². The van der Waals surface area contributed by atoms with Gasteiger partial charge in [-0.25, -0.2) is 4.39 Å². The Morgan fingerprint density at radius 1 is 1.28 bits per heavy atom. The minimum absolute atomic E-state index is 0.119. The van der Waals surface area contributed by atoms with Gasteiger partial charge < -0.3 is 10.1 Å². The molecule has 1 amide bonds. The fourth-order valence-electron chi connectivity index (χ4n) is 3.40. The standard InChI is InChI=1S/C20H23FN2O2/c1-14(20(24)22-17-6-3-5-16(21)13-17)23-12-4-7-19(23)15-8-10-18(25-2)11-9-15/h3,5-6,8-11,13-14,19H,4,7,12H2,1-2H3,(H,22,24)/t14-,19-/m1/s1. The number of amides is 1. The minimum Gasteiger partial charge on any atom is -0.497 e. The van der Waals surface area contributed by atoms with Gasteiger partial charge in [0.15, 0.2) is 0 Å². The lowest BCUT2D eigenvalue weighted by atomic mass is 10.0. The number of methoxy groups -OCH3 is 1. The molecule has 0 spiro atoms. The van der Waals surface area contributed by atoms with Crippen molar-refractivity contribution >= 4 is 11.6 Å². The second kappa shape index (κ2) is 7.66. The summed E-state index contributed by atoms with van der Waals surface area (Å²) in [5, 5.41) is 2.81. The number of anilines is 1. The molecule has 0 saturated carbocycles. The predicted molar refractivity (Wildman–Crippen MR) is 96.2 cm³/mol.